The van der Waals surface area contributed by atoms with Gasteiger partial charge >= 0.3 is 0 Å². The average Bonchev–Trinajstić information content (AvgIpc) is 2.62. The van der Waals surface area contributed by atoms with E-state index in [0.29, 0.717) is 17.0 Å². The summed E-state index contributed by atoms with van der Waals surface area (Å²) in [6.45, 7) is 2.34. The summed E-state index contributed by atoms with van der Waals surface area (Å²) in [7, 11) is 2.19. The standard InChI is InChI=1S/C19H20N4O/c1-23-8-6-15(7-9-23)13-2-4-14(5-3-13)16-10-17-18(20-11-16)19(24)22-12-21-17/h2-5,10-12,15H,6-9H2,1H3,(H,21,22,24). The summed E-state index contributed by atoms with van der Waals surface area (Å²) in [5.41, 5.74) is 4.29. The number of rotatable bonds is 2. The molecule has 2 aromatic heterocycles. The molecular weight excluding hydrogens is 300 g/mol. The van der Waals surface area contributed by atoms with E-state index in [9.17, 15) is 4.79 Å². The van der Waals surface area contributed by atoms with Crippen LogP contribution < -0.4 is 5.56 Å². The zero-order valence-corrected chi connectivity index (χ0v) is 13.7. The van der Waals surface area contributed by atoms with Gasteiger partial charge in [0.05, 0.1) is 11.8 Å². The van der Waals surface area contributed by atoms with Gasteiger partial charge in [-0.15, -0.1) is 0 Å². The fourth-order valence-electron chi connectivity index (χ4n) is 3.40. The molecule has 24 heavy (non-hydrogen) atoms. The Morgan fingerprint density at radius 1 is 1.08 bits per heavy atom. The molecule has 1 saturated heterocycles. The van der Waals surface area contributed by atoms with E-state index in [2.05, 4.69) is 51.2 Å². The number of pyridine rings is 1. The van der Waals surface area contributed by atoms with E-state index < -0.39 is 0 Å². The Morgan fingerprint density at radius 3 is 2.58 bits per heavy atom. The molecule has 0 amide bonds. The van der Waals surface area contributed by atoms with Crippen LogP contribution in [0.3, 0.4) is 0 Å². The van der Waals surface area contributed by atoms with Crippen LogP contribution in [0.25, 0.3) is 22.2 Å². The zero-order chi connectivity index (χ0) is 16.5. The van der Waals surface area contributed by atoms with Crippen molar-refractivity contribution in [2.75, 3.05) is 20.1 Å². The van der Waals surface area contributed by atoms with Gasteiger partial charge in [-0.2, -0.15) is 0 Å². The SMILES string of the molecule is CN1CCC(c2ccc(-c3cnc4c(=O)[nH]cnc4c3)cc2)CC1. The molecule has 3 aromatic rings. The van der Waals surface area contributed by atoms with Crippen LogP contribution in [0.1, 0.15) is 24.3 Å². The Labute approximate surface area is 140 Å². The van der Waals surface area contributed by atoms with Crippen LogP contribution in [-0.4, -0.2) is 40.0 Å². The van der Waals surface area contributed by atoms with Gasteiger partial charge in [-0.05, 0) is 56.1 Å². The number of hydrogen-bond acceptors (Lipinski definition) is 4. The van der Waals surface area contributed by atoms with E-state index in [-0.39, 0.29) is 5.56 Å². The van der Waals surface area contributed by atoms with Gasteiger partial charge in [0.25, 0.3) is 5.56 Å². The van der Waals surface area contributed by atoms with Gasteiger partial charge in [-0.3, -0.25) is 4.79 Å². The van der Waals surface area contributed by atoms with Crippen LogP contribution in [-0.2, 0) is 0 Å². The predicted octanol–water partition coefficient (Wildman–Crippen LogP) is 2.79. The summed E-state index contributed by atoms with van der Waals surface area (Å²) in [5.74, 6) is 0.658. The molecule has 3 heterocycles. The van der Waals surface area contributed by atoms with Gasteiger partial charge in [0.2, 0.25) is 0 Å². The molecular formula is C19H20N4O. The van der Waals surface area contributed by atoms with Gasteiger partial charge in [-0.1, -0.05) is 24.3 Å². The lowest BCUT2D eigenvalue weighted by Gasteiger charge is -2.29. The van der Waals surface area contributed by atoms with Gasteiger partial charge in [0, 0.05) is 11.8 Å². The van der Waals surface area contributed by atoms with Crippen molar-refractivity contribution in [2.45, 2.75) is 18.8 Å². The van der Waals surface area contributed by atoms with Gasteiger partial charge < -0.3 is 9.88 Å². The summed E-state index contributed by atoms with van der Waals surface area (Å²) >= 11 is 0. The monoisotopic (exact) mass is 320 g/mol. The number of piperidine rings is 1. The van der Waals surface area contributed by atoms with Gasteiger partial charge in [0.15, 0.2) is 5.52 Å². The number of hydrogen-bond donors (Lipinski definition) is 1. The van der Waals surface area contributed by atoms with Gasteiger partial charge in [0.1, 0.15) is 0 Å². The molecule has 0 spiro atoms. The topological polar surface area (TPSA) is 61.9 Å². The number of nitrogens with zero attached hydrogens (tertiary/aromatic N) is 3. The minimum Gasteiger partial charge on any atom is -0.311 e. The largest absolute Gasteiger partial charge is 0.311 e. The molecule has 1 fully saturated rings. The third-order valence-corrected chi connectivity index (χ3v) is 4.92. The second-order valence-electron chi connectivity index (χ2n) is 6.52. The lowest BCUT2D eigenvalue weighted by atomic mass is 9.89. The molecule has 5 nitrogen and oxygen atoms in total. The molecule has 0 unspecified atom stereocenters. The predicted molar refractivity (Wildman–Crippen MR) is 95.1 cm³/mol. The molecule has 1 aliphatic heterocycles. The first-order valence-corrected chi connectivity index (χ1v) is 8.33. The first kappa shape index (κ1) is 15.0. The van der Waals surface area contributed by atoms with E-state index in [0.717, 1.165) is 11.1 Å². The quantitative estimate of drug-likeness (QED) is 0.789. The minimum atomic E-state index is -0.204. The van der Waals surface area contributed by atoms with Crippen LogP contribution in [0.4, 0.5) is 0 Å². The number of fused-ring (bicyclic) bond motifs is 1. The maximum atomic E-state index is 11.7. The van der Waals surface area contributed by atoms with E-state index in [1.54, 1.807) is 6.20 Å². The fourth-order valence-corrected chi connectivity index (χ4v) is 3.40. The van der Waals surface area contributed by atoms with Crippen molar-refractivity contribution in [3.05, 3.63) is 58.8 Å². The maximum absolute atomic E-state index is 11.7. The van der Waals surface area contributed by atoms with E-state index in [4.69, 9.17) is 0 Å². The summed E-state index contributed by atoms with van der Waals surface area (Å²) < 4.78 is 0. The van der Waals surface area contributed by atoms with Crippen molar-refractivity contribution in [2.24, 2.45) is 0 Å². The van der Waals surface area contributed by atoms with Crippen LogP contribution in [0.15, 0.2) is 47.7 Å². The van der Waals surface area contributed by atoms with Crippen molar-refractivity contribution in [1.29, 1.82) is 0 Å². The highest BCUT2D eigenvalue weighted by molar-refractivity contribution is 5.79. The Morgan fingerprint density at radius 2 is 1.83 bits per heavy atom. The normalized spacial score (nSPS) is 16.5. The fraction of sp³-hybridized carbons (Fsp3) is 0.316. The van der Waals surface area contributed by atoms with Crippen LogP contribution in [0.2, 0.25) is 0 Å². The molecule has 0 bridgehead atoms. The first-order valence-electron chi connectivity index (χ1n) is 8.33. The van der Waals surface area contributed by atoms with Crippen molar-refractivity contribution in [3.63, 3.8) is 0 Å². The highest BCUT2D eigenvalue weighted by Crippen LogP contribution is 2.29. The van der Waals surface area contributed by atoms with Crippen molar-refractivity contribution < 1.29 is 0 Å². The number of likely N-dealkylation sites (tertiary alicyclic amines) is 1. The van der Waals surface area contributed by atoms with E-state index in [1.165, 1.54) is 37.8 Å². The molecule has 0 aliphatic carbocycles. The number of aromatic amines is 1. The summed E-state index contributed by atoms with van der Waals surface area (Å²) in [6.07, 6.45) is 5.60. The zero-order valence-electron chi connectivity index (χ0n) is 13.7. The van der Waals surface area contributed by atoms with E-state index >= 15 is 0 Å². The van der Waals surface area contributed by atoms with Crippen molar-refractivity contribution in [3.8, 4) is 11.1 Å². The third kappa shape index (κ3) is 2.83. The molecule has 122 valence electrons. The molecule has 1 N–H and O–H groups in total. The highest BCUT2D eigenvalue weighted by atomic mass is 16.1. The van der Waals surface area contributed by atoms with Gasteiger partial charge in [-0.25, -0.2) is 9.97 Å². The molecule has 5 heteroatoms. The minimum absolute atomic E-state index is 0.204. The molecule has 1 aliphatic rings. The van der Waals surface area contributed by atoms with Crippen LogP contribution in [0.5, 0.6) is 0 Å². The third-order valence-electron chi connectivity index (χ3n) is 4.92. The Kier molecular flexibility index (Phi) is 3.86. The van der Waals surface area contributed by atoms with Crippen molar-refractivity contribution in [1.82, 2.24) is 19.9 Å². The number of nitrogens with one attached hydrogen (secondary N) is 1. The molecule has 0 radical (unpaired) electrons. The molecule has 1 aromatic carbocycles. The van der Waals surface area contributed by atoms with Crippen LogP contribution in [0, 0.1) is 0 Å². The van der Waals surface area contributed by atoms with Crippen LogP contribution >= 0.6 is 0 Å². The highest BCUT2D eigenvalue weighted by Gasteiger charge is 2.18. The summed E-state index contributed by atoms with van der Waals surface area (Å²) in [5, 5.41) is 0. The van der Waals surface area contributed by atoms with E-state index in [1.807, 2.05) is 6.07 Å². The van der Waals surface area contributed by atoms with Crippen molar-refractivity contribution >= 4 is 11.0 Å². The maximum Gasteiger partial charge on any atom is 0.277 e. The second kappa shape index (κ2) is 6.17. The molecule has 0 atom stereocenters. The second-order valence-corrected chi connectivity index (χ2v) is 6.52. The lowest BCUT2D eigenvalue weighted by molar-refractivity contribution is 0.255. The molecule has 0 saturated carbocycles. The first-order chi connectivity index (χ1) is 11.7. The number of aromatic nitrogens is 3. The Balaban J connectivity index is 1.62. The smallest absolute Gasteiger partial charge is 0.277 e. The Hall–Kier alpha value is -2.53. The Bertz CT molecular complexity index is 909. The summed E-state index contributed by atoms with van der Waals surface area (Å²) in [4.78, 5) is 25.1. The average molecular weight is 320 g/mol. The summed E-state index contributed by atoms with van der Waals surface area (Å²) in [6, 6.07) is 10.6. The number of benzene rings is 1. The lowest BCUT2D eigenvalue weighted by Crippen LogP contribution is -2.29. The molecule has 4 rings (SSSR count). The number of H-pyrrole nitrogens is 1.